The number of hydrogen-bond donors (Lipinski definition) is 0. The maximum atomic E-state index is 13.0. The summed E-state index contributed by atoms with van der Waals surface area (Å²) in [4.78, 5) is 30.4. The SMILES string of the molecule is Cc1c(Cl)c(Cl)c(Cl)c2c1C(=O)C(c1ccc3ccccc3n1)C2=O. The number of Topliss-reactive ketones (excluding diaryl/α,β-unsaturated/α-hetero) is 2. The molecule has 1 aromatic heterocycles. The molecular formula is C19H10Cl3NO2. The van der Waals surface area contributed by atoms with E-state index in [1.807, 2.05) is 30.3 Å². The van der Waals surface area contributed by atoms with Crippen molar-refractivity contribution >= 4 is 57.3 Å². The van der Waals surface area contributed by atoms with Gasteiger partial charge in [0.2, 0.25) is 0 Å². The Bertz CT molecular complexity index is 1040. The van der Waals surface area contributed by atoms with E-state index in [1.165, 1.54) is 0 Å². The molecule has 124 valence electrons. The zero-order valence-electron chi connectivity index (χ0n) is 12.9. The molecule has 1 aliphatic rings. The summed E-state index contributed by atoms with van der Waals surface area (Å²) in [5, 5.41) is 1.24. The van der Waals surface area contributed by atoms with Crippen LogP contribution in [0.3, 0.4) is 0 Å². The molecule has 25 heavy (non-hydrogen) atoms. The maximum Gasteiger partial charge on any atom is 0.182 e. The fourth-order valence-electron chi connectivity index (χ4n) is 3.24. The van der Waals surface area contributed by atoms with E-state index in [2.05, 4.69) is 4.98 Å². The Kier molecular flexibility index (Phi) is 3.84. The lowest BCUT2D eigenvalue weighted by Crippen LogP contribution is -2.14. The Morgan fingerprint density at radius 3 is 2.28 bits per heavy atom. The highest BCUT2D eigenvalue weighted by Crippen LogP contribution is 2.45. The third kappa shape index (κ3) is 2.30. The van der Waals surface area contributed by atoms with Gasteiger partial charge in [0, 0.05) is 10.9 Å². The molecule has 0 saturated carbocycles. The molecule has 0 spiro atoms. The zero-order chi connectivity index (χ0) is 17.9. The fourth-order valence-corrected chi connectivity index (χ4v) is 3.99. The number of para-hydroxylation sites is 1. The van der Waals surface area contributed by atoms with E-state index in [1.54, 1.807) is 13.0 Å². The zero-order valence-corrected chi connectivity index (χ0v) is 15.2. The monoisotopic (exact) mass is 389 g/mol. The summed E-state index contributed by atoms with van der Waals surface area (Å²) < 4.78 is 0. The highest BCUT2D eigenvalue weighted by molar-refractivity contribution is 6.51. The molecule has 0 radical (unpaired) electrons. The Labute approximate surface area is 158 Å². The minimum atomic E-state index is -1.02. The largest absolute Gasteiger partial charge is 0.293 e. The number of nitrogens with zero attached hydrogens (tertiary/aromatic N) is 1. The lowest BCUT2D eigenvalue weighted by Gasteiger charge is -2.08. The van der Waals surface area contributed by atoms with Crippen molar-refractivity contribution in [3.8, 4) is 0 Å². The number of aromatic nitrogens is 1. The van der Waals surface area contributed by atoms with Crippen LogP contribution in [0.5, 0.6) is 0 Å². The molecule has 2 aromatic carbocycles. The van der Waals surface area contributed by atoms with E-state index in [4.69, 9.17) is 34.8 Å². The number of benzene rings is 2. The lowest BCUT2D eigenvalue weighted by molar-refractivity contribution is 0.0888. The molecule has 1 aliphatic carbocycles. The van der Waals surface area contributed by atoms with Gasteiger partial charge in [-0.15, -0.1) is 0 Å². The summed E-state index contributed by atoms with van der Waals surface area (Å²) >= 11 is 18.5. The van der Waals surface area contributed by atoms with Crippen molar-refractivity contribution in [2.24, 2.45) is 0 Å². The summed E-state index contributed by atoms with van der Waals surface area (Å²) in [6.45, 7) is 1.66. The molecule has 0 aliphatic heterocycles. The molecule has 0 amide bonds. The second-order valence-corrected chi connectivity index (χ2v) is 7.04. The number of carbonyl (C=O) groups is 2. The van der Waals surface area contributed by atoms with Gasteiger partial charge in [0.15, 0.2) is 11.6 Å². The fraction of sp³-hybridized carbons (Fsp3) is 0.105. The van der Waals surface area contributed by atoms with Crippen molar-refractivity contribution in [1.82, 2.24) is 4.98 Å². The van der Waals surface area contributed by atoms with Gasteiger partial charge >= 0.3 is 0 Å². The number of pyridine rings is 1. The Balaban J connectivity index is 1.93. The number of ketones is 2. The van der Waals surface area contributed by atoms with Crippen LogP contribution >= 0.6 is 34.8 Å². The van der Waals surface area contributed by atoms with Crippen LogP contribution in [-0.4, -0.2) is 16.6 Å². The highest BCUT2D eigenvalue weighted by atomic mass is 35.5. The third-order valence-corrected chi connectivity index (χ3v) is 5.91. The molecule has 0 N–H and O–H groups in total. The Morgan fingerprint density at radius 1 is 0.840 bits per heavy atom. The quantitative estimate of drug-likeness (QED) is 0.397. The standard InChI is InChI=1S/C19H10Cl3NO2/c1-8-12-14(16(21)17(22)15(8)20)19(25)13(18(12)24)11-7-6-9-4-2-3-5-10(9)23-11/h2-7,13H,1H3. The minimum Gasteiger partial charge on any atom is -0.293 e. The number of fused-ring (bicyclic) bond motifs is 2. The number of hydrogen-bond acceptors (Lipinski definition) is 3. The van der Waals surface area contributed by atoms with Crippen LogP contribution in [0.15, 0.2) is 36.4 Å². The van der Waals surface area contributed by atoms with Gasteiger partial charge < -0.3 is 0 Å². The summed E-state index contributed by atoms with van der Waals surface area (Å²) in [6, 6.07) is 11.0. The normalized spacial score (nSPS) is 16.6. The van der Waals surface area contributed by atoms with E-state index in [-0.39, 0.29) is 32.0 Å². The van der Waals surface area contributed by atoms with Crippen molar-refractivity contribution < 1.29 is 9.59 Å². The van der Waals surface area contributed by atoms with Gasteiger partial charge in [0.25, 0.3) is 0 Å². The number of carbonyl (C=O) groups excluding carboxylic acids is 2. The molecule has 0 bridgehead atoms. The van der Waals surface area contributed by atoms with Crippen molar-refractivity contribution in [3.05, 3.63) is 73.9 Å². The van der Waals surface area contributed by atoms with Crippen LogP contribution in [0.25, 0.3) is 10.9 Å². The van der Waals surface area contributed by atoms with Gasteiger partial charge in [-0.1, -0.05) is 59.1 Å². The van der Waals surface area contributed by atoms with E-state index in [9.17, 15) is 9.59 Å². The van der Waals surface area contributed by atoms with Gasteiger partial charge in [-0.2, -0.15) is 0 Å². The molecular weight excluding hydrogens is 381 g/mol. The van der Waals surface area contributed by atoms with Gasteiger partial charge in [-0.25, -0.2) is 0 Å². The molecule has 3 nitrogen and oxygen atoms in total. The van der Waals surface area contributed by atoms with Crippen molar-refractivity contribution in [2.45, 2.75) is 12.8 Å². The first-order chi connectivity index (χ1) is 11.9. The van der Waals surface area contributed by atoms with E-state index < -0.39 is 11.7 Å². The molecule has 1 heterocycles. The Hall–Kier alpha value is -1.94. The van der Waals surface area contributed by atoms with E-state index in [0.29, 0.717) is 11.3 Å². The average Bonchev–Trinajstić information content (AvgIpc) is 2.88. The first-order valence-electron chi connectivity index (χ1n) is 7.53. The van der Waals surface area contributed by atoms with E-state index in [0.717, 1.165) is 10.9 Å². The van der Waals surface area contributed by atoms with Gasteiger partial charge in [0.1, 0.15) is 5.92 Å². The van der Waals surface area contributed by atoms with Gasteiger partial charge in [-0.3, -0.25) is 14.6 Å². The molecule has 3 aromatic rings. The van der Waals surface area contributed by atoms with Gasteiger partial charge in [-0.05, 0) is 24.6 Å². The lowest BCUT2D eigenvalue weighted by atomic mass is 9.98. The van der Waals surface area contributed by atoms with Crippen molar-refractivity contribution in [1.29, 1.82) is 0 Å². The number of rotatable bonds is 1. The predicted octanol–water partition coefficient (Wildman–Crippen LogP) is 5.67. The predicted molar refractivity (Wildman–Crippen MR) is 99.4 cm³/mol. The molecule has 4 rings (SSSR count). The molecule has 0 saturated heterocycles. The molecule has 0 fully saturated rings. The first-order valence-corrected chi connectivity index (χ1v) is 8.66. The minimum absolute atomic E-state index is 0.0221. The van der Waals surface area contributed by atoms with E-state index >= 15 is 0 Å². The number of halogens is 3. The average molecular weight is 391 g/mol. The Morgan fingerprint density at radius 2 is 1.52 bits per heavy atom. The summed E-state index contributed by atoms with van der Waals surface area (Å²) in [7, 11) is 0. The van der Waals surface area contributed by atoms with Crippen LogP contribution in [0, 0.1) is 6.92 Å². The summed E-state index contributed by atoms with van der Waals surface area (Å²) in [6.07, 6.45) is 0. The van der Waals surface area contributed by atoms with Crippen LogP contribution < -0.4 is 0 Å². The molecule has 1 unspecified atom stereocenters. The first kappa shape index (κ1) is 16.5. The van der Waals surface area contributed by atoms with Crippen LogP contribution in [0.1, 0.15) is 37.9 Å². The third-order valence-electron chi connectivity index (χ3n) is 4.49. The van der Waals surface area contributed by atoms with Gasteiger partial charge in [0.05, 0.1) is 31.8 Å². The smallest absolute Gasteiger partial charge is 0.182 e. The maximum absolute atomic E-state index is 13.0. The van der Waals surface area contributed by atoms with Crippen LogP contribution in [0.2, 0.25) is 15.1 Å². The van der Waals surface area contributed by atoms with Crippen molar-refractivity contribution in [2.75, 3.05) is 0 Å². The summed E-state index contributed by atoms with van der Waals surface area (Å²) in [5.41, 5.74) is 1.96. The van der Waals surface area contributed by atoms with Crippen LogP contribution in [0.4, 0.5) is 0 Å². The summed E-state index contributed by atoms with van der Waals surface area (Å²) in [5.74, 6) is -1.76. The van der Waals surface area contributed by atoms with Crippen LogP contribution in [-0.2, 0) is 0 Å². The van der Waals surface area contributed by atoms with Crippen molar-refractivity contribution in [3.63, 3.8) is 0 Å². The second-order valence-electron chi connectivity index (χ2n) is 5.91. The highest BCUT2D eigenvalue weighted by Gasteiger charge is 2.44. The molecule has 6 heteroatoms. The topological polar surface area (TPSA) is 47.0 Å². The second kappa shape index (κ2) is 5.80. The molecule has 1 atom stereocenters.